The highest BCUT2D eigenvalue weighted by atomic mass is 32.2. The van der Waals surface area contributed by atoms with Gasteiger partial charge in [-0.3, -0.25) is 4.79 Å². The molecule has 2 unspecified atom stereocenters. The van der Waals surface area contributed by atoms with Crippen molar-refractivity contribution in [1.29, 1.82) is 0 Å². The number of aliphatic carboxylic acids is 1. The quantitative estimate of drug-likeness (QED) is 0.880. The second kappa shape index (κ2) is 5.35. The summed E-state index contributed by atoms with van der Waals surface area (Å²) in [6.45, 7) is 4.93. The minimum absolute atomic E-state index is 0.00857. The van der Waals surface area contributed by atoms with E-state index in [9.17, 15) is 4.79 Å². The number of rotatable bonds is 4. The molecule has 3 rings (SSSR count). The van der Waals surface area contributed by atoms with Crippen LogP contribution in [0.5, 0.6) is 0 Å². The average molecular weight is 306 g/mol. The molecule has 0 bridgehead atoms. The molecular formula is C15H18N2O3S. The largest absolute Gasteiger partial charge is 0.481 e. The van der Waals surface area contributed by atoms with E-state index in [1.165, 1.54) is 11.8 Å². The van der Waals surface area contributed by atoms with Crippen LogP contribution in [0.3, 0.4) is 0 Å². The van der Waals surface area contributed by atoms with E-state index in [2.05, 4.69) is 23.4 Å². The van der Waals surface area contributed by atoms with Gasteiger partial charge in [-0.05, 0) is 32.4 Å². The van der Waals surface area contributed by atoms with E-state index in [-0.39, 0.29) is 17.4 Å². The normalized spacial score (nSPS) is 25.5. The number of imidazole rings is 1. The van der Waals surface area contributed by atoms with Gasteiger partial charge in [-0.2, -0.15) is 0 Å². The summed E-state index contributed by atoms with van der Waals surface area (Å²) in [6.07, 6.45) is 0.967. The van der Waals surface area contributed by atoms with Crippen LogP contribution < -0.4 is 0 Å². The molecule has 2 atom stereocenters. The number of nitrogens with zero attached hydrogens (tertiary/aromatic N) is 2. The maximum atomic E-state index is 10.9. The van der Waals surface area contributed by atoms with Gasteiger partial charge < -0.3 is 14.4 Å². The smallest absolute Gasteiger partial charge is 0.313 e. The fourth-order valence-electron chi connectivity index (χ4n) is 2.84. The number of benzene rings is 1. The van der Waals surface area contributed by atoms with Crippen molar-refractivity contribution in [1.82, 2.24) is 9.55 Å². The summed E-state index contributed by atoms with van der Waals surface area (Å²) in [7, 11) is 0. The van der Waals surface area contributed by atoms with Crippen molar-refractivity contribution in [3.63, 3.8) is 0 Å². The molecule has 21 heavy (non-hydrogen) atoms. The third-order valence-corrected chi connectivity index (χ3v) is 5.14. The SMILES string of the molecule is CC1OCCC1(C)n1c(SCC(=O)O)nc2ccccc21. The van der Waals surface area contributed by atoms with Crippen LogP contribution in [0.15, 0.2) is 29.4 Å². The summed E-state index contributed by atoms with van der Waals surface area (Å²) < 4.78 is 7.91. The molecule has 0 saturated carbocycles. The van der Waals surface area contributed by atoms with Gasteiger partial charge in [0, 0.05) is 6.61 Å². The van der Waals surface area contributed by atoms with Gasteiger partial charge in [-0.15, -0.1) is 0 Å². The summed E-state index contributed by atoms with van der Waals surface area (Å²) in [5.74, 6) is -0.825. The Morgan fingerprint density at radius 2 is 2.33 bits per heavy atom. The molecule has 0 amide bonds. The number of aromatic nitrogens is 2. The molecule has 6 heteroatoms. The number of hydrogen-bond donors (Lipinski definition) is 1. The highest BCUT2D eigenvalue weighted by Crippen LogP contribution is 2.39. The molecule has 0 radical (unpaired) electrons. The Labute approximate surface area is 127 Å². The molecule has 0 aliphatic carbocycles. The molecule has 2 aromatic rings. The Morgan fingerprint density at radius 1 is 1.57 bits per heavy atom. The van der Waals surface area contributed by atoms with Gasteiger partial charge >= 0.3 is 5.97 Å². The summed E-state index contributed by atoms with van der Waals surface area (Å²) >= 11 is 1.27. The lowest BCUT2D eigenvalue weighted by Gasteiger charge is -2.31. The van der Waals surface area contributed by atoms with Crippen molar-refractivity contribution in [3.05, 3.63) is 24.3 Å². The Bertz CT molecular complexity index is 685. The van der Waals surface area contributed by atoms with Crippen LogP contribution in [0.2, 0.25) is 0 Å². The van der Waals surface area contributed by atoms with Crippen LogP contribution in [-0.2, 0) is 15.1 Å². The molecule has 1 aliphatic rings. The average Bonchev–Trinajstić information content (AvgIpc) is 2.98. The molecule has 0 spiro atoms. The Balaban J connectivity index is 2.13. The first-order valence-electron chi connectivity index (χ1n) is 6.96. The topological polar surface area (TPSA) is 64.3 Å². The van der Waals surface area contributed by atoms with Crippen molar-refractivity contribution in [2.75, 3.05) is 12.4 Å². The monoisotopic (exact) mass is 306 g/mol. The van der Waals surface area contributed by atoms with E-state index in [0.717, 1.165) is 22.6 Å². The van der Waals surface area contributed by atoms with Crippen LogP contribution in [0, 0.1) is 0 Å². The van der Waals surface area contributed by atoms with Gasteiger partial charge in [0.15, 0.2) is 5.16 Å². The maximum Gasteiger partial charge on any atom is 0.313 e. The van der Waals surface area contributed by atoms with Gasteiger partial charge in [0.1, 0.15) is 0 Å². The van der Waals surface area contributed by atoms with E-state index in [1.54, 1.807) is 0 Å². The third-order valence-electron chi connectivity index (χ3n) is 4.22. The van der Waals surface area contributed by atoms with Crippen molar-refractivity contribution in [2.45, 2.75) is 37.1 Å². The first-order valence-corrected chi connectivity index (χ1v) is 7.95. The number of thioether (sulfide) groups is 1. The van der Waals surface area contributed by atoms with Crippen molar-refractivity contribution in [2.24, 2.45) is 0 Å². The lowest BCUT2D eigenvalue weighted by atomic mass is 9.94. The van der Waals surface area contributed by atoms with Gasteiger partial charge in [0.2, 0.25) is 0 Å². The summed E-state index contributed by atoms with van der Waals surface area (Å²) in [6, 6.07) is 7.92. The number of ether oxygens (including phenoxy) is 1. The third kappa shape index (κ3) is 2.42. The number of carboxylic acids is 1. The fourth-order valence-corrected chi connectivity index (χ4v) is 3.69. The van der Waals surface area contributed by atoms with E-state index < -0.39 is 5.97 Å². The Hall–Kier alpha value is -1.53. The zero-order valence-corrected chi connectivity index (χ0v) is 12.9. The van der Waals surface area contributed by atoms with Crippen LogP contribution in [0.25, 0.3) is 11.0 Å². The van der Waals surface area contributed by atoms with Gasteiger partial charge in [-0.25, -0.2) is 4.98 Å². The van der Waals surface area contributed by atoms with Crippen molar-refractivity contribution >= 4 is 28.8 Å². The van der Waals surface area contributed by atoms with Crippen LogP contribution in [0.1, 0.15) is 20.3 Å². The summed E-state index contributed by atoms with van der Waals surface area (Å²) in [4.78, 5) is 15.5. The summed E-state index contributed by atoms with van der Waals surface area (Å²) in [5.41, 5.74) is 1.73. The predicted molar refractivity (Wildman–Crippen MR) is 81.8 cm³/mol. The lowest BCUT2D eigenvalue weighted by molar-refractivity contribution is -0.133. The fraction of sp³-hybridized carbons (Fsp3) is 0.467. The predicted octanol–water partition coefficient (Wildman–Crippen LogP) is 2.74. The van der Waals surface area contributed by atoms with Crippen molar-refractivity contribution in [3.8, 4) is 0 Å². The molecule has 112 valence electrons. The van der Waals surface area contributed by atoms with E-state index in [4.69, 9.17) is 9.84 Å². The standard InChI is InChI=1S/C15H18N2O3S/c1-10-15(2,7-8-20-10)17-12-6-4-3-5-11(12)16-14(17)21-9-13(18)19/h3-6,10H,7-9H2,1-2H3,(H,18,19). The molecular weight excluding hydrogens is 288 g/mol. The minimum Gasteiger partial charge on any atom is -0.481 e. The molecule has 5 nitrogen and oxygen atoms in total. The number of para-hydroxylation sites is 2. The van der Waals surface area contributed by atoms with Gasteiger partial charge in [0.05, 0.1) is 28.4 Å². The van der Waals surface area contributed by atoms with Crippen LogP contribution in [-0.4, -0.2) is 39.1 Å². The Kier molecular flexibility index (Phi) is 3.67. The number of carbonyl (C=O) groups is 1. The minimum atomic E-state index is -0.834. The molecule has 1 aromatic carbocycles. The molecule has 1 saturated heterocycles. The van der Waals surface area contributed by atoms with Crippen LogP contribution >= 0.6 is 11.8 Å². The summed E-state index contributed by atoms with van der Waals surface area (Å²) in [5, 5.41) is 9.69. The number of carboxylic acid groups (broad SMARTS) is 1. The highest BCUT2D eigenvalue weighted by molar-refractivity contribution is 7.99. The second-order valence-corrected chi connectivity index (χ2v) is 6.46. The van der Waals surface area contributed by atoms with E-state index >= 15 is 0 Å². The number of hydrogen-bond acceptors (Lipinski definition) is 4. The van der Waals surface area contributed by atoms with Gasteiger partial charge in [0.25, 0.3) is 0 Å². The Morgan fingerprint density at radius 3 is 3.00 bits per heavy atom. The lowest BCUT2D eigenvalue weighted by Crippen LogP contribution is -2.37. The zero-order chi connectivity index (χ0) is 15.0. The van der Waals surface area contributed by atoms with E-state index in [0.29, 0.717) is 6.61 Å². The molecule has 1 fully saturated rings. The van der Waals surface area contributed by atoms with Crippen LogP contribution in [0.4, 0.5) is 0 Å². The maximum absolute atomic E-state index is 10.9. The number of fused-ring (bicyclic) bond motifs is 1. The zero-order valence-electron chi connectivity index (χ0n) is 12.1. The highest BCUT2D eigenvalue weighted by Gasteiger charge is 2.41. The van der Waals surface area contributed by atoms with E-state index in [1.807, 2.05) is 24.3 Å². The van der Waals surface area contributed by atoms with Crippen molar-refractivity contribution < 1.29 is 14.6 Å². The first-order chi connectivity index (χ1) is 10.0. The van der Waals surface area contributed by atoms with Gasteiger partial charge in [-0.1, -0.05) is 23.9 Å². The molecule has 2 heterocycles. The molecule has 1 aliphatic heterocycles. The first kappa shape index (κ1) is 14.4. The molecule has 1 aromatic heterocycles. The molecule has 1 N–H and O–H groups in total. The second-order valence-electron chi connectivity index (χ2n) is 5.52.